The van der Waals surface area contributed by atoms with Gasteiger partial charge in [0.2, 0.25) is 0 Å². The summed E-state index contributed by atoms with van der Waals surface area (Å²) in [6.45, 7) is 0. The largest absolute Gasteiger partial charge is 0.298 e. The van der Waals surface area contributed by atoms with Gasteiger partial charge >= 0.3 is 0 Å². The van der Waals surface area contributed by atoms with Gasteiger partial charge in [0.05, 0.1) is 22.5 Å². The molecule has 6 heteroatoms. The molecule has 1 aromatic heterocycles. The molecular weight excluding hydrogens is 254 g/mol. The number of carbonyl (C=O) groups is 1. The highest BCUT2D eigenvalue weighted by molar-refractivity contribution is 6.32. The van der Waals surface area contributed by atoms with E-state index in [4.69, 9.17) is 23.2 Å². The third-order valence-electron chi connectivity index (χ3n) is 2.01. The average molecular weight is 259 g/mol. The normalized spacial score (nSPS) is 10.4. The highest BCUT2D eigenvalue weighted by Crippen LogP contribution is 2.22. The molecule has 0 bridgehead atoms. The van der Waals surface area contributed by atoms with E-state index in [-0.39, 0.29) is 15.7 Å². The van der Waals surface area contributed by atoms with E-state index in [1.807, 2.05) is 0 Å². The van der Waals surface area contributed by atoms with Gasteiger partial charge in [0, 0.05) is 0 Å². The molecule has 0 aliphatic heterocycles. The SMILES string of the molecule is O=Cc1cnn(-c2ccc(F)c(Cl)c2)c1Cl. The van der Waals surface area contributed by atoms with Gasteiger partial charge in [-0.1, -0.05) is 23.2 Å². The molecule has 0 aliphatic carbocycles. The number of benzene rings is 1. The Kier molecular flexibility index (Phi) is 2.94. The van der Waals surface area contributed by atoms with Gasteiger partial charge in [-0.15, -0.1) is 0 Å². The summed E-state index contributed by atoms with van der Waals surface area (Å²) >= 11 is 11.5. The fraction of sp³-hybridized carbons (Fsp3) is 0. The standard InChI is InChI=1S/C10H5Cl2FN2O/c11-8-3-7(1-2-9(8)13)15-10(12)6(5-16)4-14-15/h1-5H. The summed E-state index contributed by atoms with van der Waals surface area (Å²) in [5, 5.41) is 4.03. The molecule has 16 heavy (non-hydrogen) atoms. The number of aromatic nitrogens is 2. The highest BCUT2D eigenvalue weighted by Gasteiger charge is 2.10. The molecule has 0 saturated heterocycles. The molecule has 0 radical (unpaired) electrons. The van der Waals surface area contributed by atoms with Crippen LogP contribution >= 0.6 is 23.2 Å². The molecule has 0 fully saturated rings. The molecule has 0 saturated carbocycles. The van der Waals surface area contributed by atoms with Gasteiger partial charge in [-0.3, -0.25) is 4.79 Å². The molecule has 0 unspecified atom stereocenters. The molecule has 0 spiro atoms. The molecule has 2 aromatic rings. The smallest absolute Gasteiger partial charge is 0.154 e. The van der Waals surface area contributed by atoms with Gasteiger partial charge < -0.3 is 0 Å². The summed E-state index contributed by atoms with van der Waals surface area (Å²) in [5.74, 6) is -0.524. The number of halogens is 3. The first-order chi connectivity index (χ1) is 7.63. The summed E-state index contributed by atoms with van der Waals surface area (Å²) < 4.78 is 14.2. The van der Waals surface area contributed by atoms with E-state index in [1.54, 1.807) is 0 Å². The van der Waals surface area contributed by atoms with E-state index in [9.17, 15) is 9.18 Å². The number of nitrogens with zero attached hydrogens (tertiary/aromatic N) is 2. The minimum atomic E-state index is -0.524. The van der Waals surface area contributed by atoms with Crippen molar-refractivity contribution in [3.63, 3.8) is 0 Å². The fourth-order valence-corrected chi connectivity index (χ4v) is 1.63. The van der Waals surface area contributed by atoms with Crippen LogP contribution in [0.4, 0.5) is 4.39 Å². The lowest BCUT2D eigenvalue weighted by Crippen LogP contribution is -1.97. The molecule has 3 nitrogen and oxygen atoms in total. The number of hydrogen-bond donors (Lipinski definition) is 0. The van der Waals surface area contributed by atoms with Crippen molar-refractivity contribution in [1.29, 1.82) is 0 Å². The predicted octanol–water partition coefficient (Wildman–Crippen LogP) is 3.13. The van der Waals surface area contributed by atoms with Crippen molar-refractivity contribution in [2.75, 3.05) is 0 Å². The van der Waals surface area contributed by atoms with Crippen molar-refractivity contribution in [2.24, 2.45) is 0 Å². The van der Waals surface area contributed by atoms with Crippen LogP contribution in [-0.4, -0.2) is 16.1 Å². The summed E-state index contributed by atoms with van der Waals surface area (Å²) in [7, 11) is 0. The second-order valence-electron chi connectivity index (χ2n) is 3.02. The minimum absolute atomic E-state index is 0.0308. The lowest BCUT2D eigenvalue weighted by Gasteiger charge is -2.03. The van der Waals surface area contributed by atoms with Crippen LogP contribution < -0.4 is 0 Å². The van der Waals surface area contributed by atoms with E-state index < -0.39 is 5.82 Å². The van der Waals surface area contributed by atoms with Crippen LogP contribution in [0.1, 0.15) is 10.4 Å². The fourth-order valence-electron chi connectivity index (χ4n) is 1.22. The maximum absolute atomic E-state index is 12.9. The third-order valence-corrected chi connectivity index (χ3v) is 2.68. The Bertz CT molecular complexity index is 554. The molecule has 0 amide bonds. The lowest BCUT2D eigenvalue weighted by atomic mass is 10.3. The summed E-state index contributed by atoms with van der Waals surface area (Å²) in [6.07, 6.45) is 1.92. The van der Waals surface area contributed by atoms with E-state index in [0.29, 0.717) is 12.0 Å². The zero-order valence-electron chi connectivity index (χ0n) is 7.82. The molecule has 1 aromatic carbocycles. The van der Waals surface area contributed by atoms with Crippen molar-refractivity contribution >= 4 is 29.5 Å². The van der Waals surface area contributed by atoms with Crippen LogP contribution in [0.15, 0.2) is 24.4 Å². The first-order valence-corrected chi connectivity index (χ1v) is 5.03. The maximum atomic E-state index is 12.9. The monoisotopic (exact) mass is 258 g/mol. The van der Waals surface area contributed by atoms with Gasteiger partial charge in [-0.05, 0) is 18.2 Å². The van der Waals surface area contributed by atoms with Gasteiger partial charge in [-0.25, -0.2) is 9.07 Å². The van der Waals surface area contributed by atoms with Crippen LogP contribution in [0.2, 0.25) is 10.2 Å². The van der Waals surface area contributed by atoms with E-state index in [1.165, 1.54) is 29.1 Å². The Labute approximate surface area is 100 Å². The van der Waals surface area contributed by atoms with Crippen molar-refractivity contribution in [3.8, 4) is 5.69 Å². The molecule has 2 rings (SSSR count). The van der Waals surface area contributed by atoms with Gasteiger partial charge in [0.15, 0.2) is 6.29 Å². The van der Waals surface area contributed by atoms with Gasteiger partial charge in [0.25, 0.3) is 0 Å². The average Bonchev–Trinajstić information content (AvgIpc) is 2.64. The highest BCUT2D eigenvalue weighted by atomic mass is 35.5. The van der Waals surface area contributed by atoms with Crippen LogP contribution in [0, 0.1) is 5.82 Å². The number of carbonyl (C=O) groups excluding carboxylic acids is 1. The third kappa shape index (κ3) is 1.81. The lowest BCUT2D eigenvalue weighted by molar-refractivity contribution is 0.112. The Morgan fingerprint density at radius 3 is 2.69 bits per heavy atom. The summed E-state index contributed by atoms with van der Waals surface area (Å²) in [6, 6.07) is 4.05. The van der Waals surface area contributed by atoms with Crippen LogP contribution in [-0.2, 0) is 0 Å². The molecule has 82 valence electrons. The Balaban J connectivity index is 2.54. The van der Waals surface area contributed by atoms with Gasteiger partial charge in [0.1, 0.15) is 11.0 Å². The van der Waals surface area contributed by atoms with E-state index in [2.05, 4.69) is 5.10 Å². The summed E-state index contributed by atoms with van der Waals surface area (Å²) in [4.78, 5) is 10.6. The van der Waals surface area contributed by atoms with Gasteiger partial charge in [-0.2, -0.15) is 5.10 Å². The van der Waals surface area contributed by atoms with Crippen molar-refractivity contribution in [3.05, 3.63) is 46.0 Å². The zero-order valence-corrected chi connectivity index (χ0v) is 9.34. The number of aldehydes is 1. The molecular formula is C10H5Cl2FN2O. The zero-order chi connectivity index (χ0) is 11.7. The molecule has 1 heterocycles. The first kappa shape index (κ1) is 11.1. The quantitative estimate of drug-likeness (QED) is 0.776. The van der Waals surface area contributed by atoms with E-state index in [0.717, 1.165) is 0 Å². The Hall–Kier alpha value is -1.39. The molecule has 0 N–H and O–H groups in total. The maximum Gasteiger partial charge on any atom is 0.154 e. The minimum Gasteiger partial charge on any atom is -0.298 e. The molecule has 0 aliphatic rings. The number of hydrogen-bond acceptors (Lipinski definition) is 2. The number of rotatable bonds is 2. The van der Waals surface area contributed by atoms with Crippen LogP contribution in [0.3, 0.4) is 0 Å². The van der Waals surface area contributed by atoms with Crippen molar-refractivity contribution in [1.82, 2.24) is 9.78 Å². The summed E-state index contributed by atoms with van der Waals surface area (Å²) in [5.41, 5.74) is 0.756. The Morgan fingerprint density at radius 1 is 1.38 bits per heavy atom. The Morgan fingerprint density at radius 2 is 2.12 bits per heavy atom. The second-order valence-corrected chi connectivity index (χ2v) is 3.78. The van der Waals surface area contributed by atoms with Crippen molar-refractivity contribution in [2.45, 2.75) is 0 Å². The van der Waals surface area contributed by atoms with Crippen LogP contribution in [0.5, 0.6) is 0 Å². The first-order valence-electron chi connectivity index (χ1n) is 4.27. The van der Waals surface area contributed by atoms with Crippen LogP contribution in [0.25, 0.3) is 5.69 Å². The second kappa shape index (κ2) is 4.23. The van der Waals surface area contributed by atoms with E-state index >= 15 is 0 Å². The van der Waals surface area contributed by atoms with Crippen molar-refractivity contribution < 1.29 is 9.18 Å². The predicted molar refractivity (Wildman–Crippen MR) is 58.9 cm³/mol. The molecule has 0 atom stereocenters. The topological polar surface area (TPSA) is 34.9 Å².